The molecule has 27 heavy (non-hydrogen) atoms. The number of hydrogen-bond donors (Lipinski definition) is 1. The fraction of sp³-hybridized carbons (Fsp3) is 0.174. The van der Waals surface area contributed by atoms with Crippen LogP contribution in [0.3, 0.4) is 0 Å². The van der Waals surface area contributed by atoms with Crippen LogP contribution in [0.2, 0.25) is 0 Å². The van der Waals surface area contributed by atoms with Crippen LogP contribution in [0.4, 0.5) is 0 Å². The fourth-order valence-corrected chi connectivity index (χ4v) is 2.58. The van der Waals surface area contributed by atoms with Gasteiger partial charge in [-0.05, 0) is 60.0 Å². The Labute approximate surface area is 158 Å². The first kappa shape index (κ1) is 18.5. The highest BCUT2D eigenvalue weighted by molar-refractivity contribution is 6.06. The van der Waals surface area contributed by atoms with Gasteiger partial charge in [-0.1, -0.05) is 38.1 Å². The summed E-state index contributed by atoms with van der Waals surface area (Å²) in [6, 6.07) is 17.9. The Morgan fingerprint density at radius 1 is 1.11 bits per heavy atom. The molecule has 1 N–H and O–H groups in total. The molecule has 0 spiro atoms. The van der Waals surface area contributed by atoms with E-state index in [9.17, 15) is 9.90 Å². The van der Waals surface area contributed by atoms with E-state index in [1.807, 2.05) is 18.2 Å². The van der Waals surface area contributed by atoms with Crippen molar-refractivity contribution in [2.24, 2.45) is 0 Å². The maximum Gasteiger partial charge on any atom is 0.186 e. The number of benzene rings is 2. The second-order valence-electron chi connectivity index (χ2n) is 6.56. The molecule has 1 aromatic heterocycles. The number of phenols is 1. The average Bonchev–Trinajstić information content (AvgIpc) is 3.12. The van der Waals surface area contributed by atoms with Gasteiger partial charge in [0.05, 0.1) is 0 Å². The zero-order valence-electron chi connectivity index (χ0n) is 15.4. The third-order valence-electron chi connectivity index (χ3n) is 4.14. The predicted molar refractivity (Wildman–Crippen MR) is 105 cm³/mol. The van der Waals surface area contributed by atoms with Crippen molar-refractivity contribution >= 4 is 11.9 Å². The Morgan fingerprint density at radius 3 is 2.59 bits per heavy atom. The Hall–Kier alpha value is -3.27. The van der Waals surface area contributed by atoms with E-state index in [4.69, 9.17) is 9.15 Å². The molecule has 0 saturated heterocycles. The van der Waals surface area contributed by atoms with Crippen molar-refractivity contribution in [1.29, 1.82) is 0 Å². The predicted octanol–water partition coefficient (Wildman–Crippen LogP) is 5.58. The minimum Gasteiger partial charge on any atom is -0.508 e. The molecule has 0 radical (unpaired) electrons. The maximum atomic E-state index is 12.1. The first-order valence-electron chi connectivity index (χ1n) is 8.84. The molecule has 0 fully saturated rings. The van der Waals surface area contributed by atoms with Crippen molar-refractivity contribution in [3.63, 3.8) is 0 Å². The molecule has 0 saturated carbocycles. The molecule has 3 aromatic rings. The van der Waals surface area contributed by atoms with Crippen LogP contribution in [0.25, 0.3) is 6.08 Å². The van der Waals surface area contributed by atoms with Crippen LogP contribution in [-0.4, -0.2) is 10.9 Å². The molecular formula is C23H22O4. The number of carbonyl (C=O) groups is 1. The van der Waals surface area contributed by atoms with E-state index in [0.29, 0.717) is 29.6 Å². The number of phenolic OH excluding ortho intramolecular Hbond substituents is 1. The quantitative estimate of drug-likeness (QED) is 0.440. The lowest BCUT2D eigenvalue weighted by Gasteiger charge is -2.07. The molecular weight excluding hydrogens is 340 g/mol. The van der Waals surface area contributed by atoms with E-state index in [0.717, 1.165) is 5.75 Å². The Morgan fingerprint density at radius 2 is 1.89 bits per heavy atom. The number of aromatic hydroxyl groups is 1. The van der Waals surface area contributed by atoms with Crippen LogP contribution in [0.1, 0.15) is 47.2 Å². The molecule has 0 atom stereocenters. The minimum absolute atomic E-state index is 0.0631. The lowest BCUT2D eigenvalue weighted by atomic mass is 10.0. The van der Waals surface area contributed by atoms with E-state index >= 15 is 0 Å². The second kappa shape index (κ2) is 8.41. The van der Waals surface area contributed by atoms with Gasteiger partial charge in [-0.3, -0.25) is 4.79 Å². The number of carbonyl (C=O) groups excluding carboxylic acids is 1. The summed E-state index contributed by atoms with van der Waals surface area (Å²) in [6.07, 6.45) is 3.02. The van der Waals surface area contributed by atoms with E-state index < -0.39 is 0 Å². The molecule has 0 amide bonds. The third kappa shape index (κ3) is 5.11. The summed E-state index contributed by atoms with van der Waals surface area (Å²) >= 11 is 0. The summed E-state index contributed by atoms with van der Waals surface area (Å²) in [5.74, 6) is 2.37. The van der Waals surface area contributed by atoms with Gasteiger partial charge in [0.1, 0.15) is 29.6 Å². The normalized spacial score (nSPS) is 11.2. The molecule has 0 unspecified atom stereocenters. The summed E-state index contributed by atoms with van der Waals surface area (Å²) < 4.78 is 11.4. The molecule has 2 aromatic carbocycles. The second-order valence-corrected chi connectivity index (χ2v) is 6.56. The van der Waals surface area contributed by atoms with Crippen molar-refractivity contribution in [3.05, 3.63) is 89.4 Å². The monoisotopic (exact) mass is 362 g/mol. The van der Waals surface area contributed by atoms with Crippen molar-refractivity contribution in [3.8, 4) is 11.5 Å². The van der Waals surface area contributed by atoms with Gasteiger partial charge < -0.3 is 14.3 Å². The lowest BCUT2D eigenvalue weighted by Crippen LogP contribution is -1.94. The van der Waals surface area contributed by atoms with Crippen LogP contribution in [0, 0.1) is 0 Å². The van der Waals surface area contributed by atoms with Crippen LogP contribution >= 0.6 is 0 Å². The molecule has 4 nitrogen and oxygen atoms in total. The van der Waals surface area contributed by atoms with Gasteiger partial charge >= 0.3 is 0 Å². The molecule has 1 heterocycles. The maximum absolute atomic E-state index is 12.1. The number of ether oxygens (including phenoxy) is 1. The zero-order chi connectivity index (χ0) is 19.2. The fourth-order valence-electron chi connectivity index (χ4n) is 2.58. The highest BCUT2D eigenvalue weighted by Gasteiger charge is 2.05. The van der Waals surface area contributed by atoms with E-state index in [-0.39, 0.29) is 11.5 Å². The Balaban J connectivity index is 1.57. The summed E-state index contributed by atoms with van der Waals surface area (Å²) in [7, 11) is 0. The third-order valence-corrected chi connectivity index (χ3v) is 4.14. The van der Waals surface area contributed by atoms with Gasteiger partial charge in [0.15, 0.2) is 5.78 Å². The standard InChI is InChI=1S/C23H22O4/c1-16(2)17-6-8-20(9-7-17)26-15-22-11-10-21(27-22)12-13-23(25)18-4-3-5-19(24)14-18/h3-14,16,24H,15H2,1-2H3/b13-12+. The summed E-state index contributed by atoms with van der Waals surface area (Å²) in [6.45, 7) is 4.62. The molecule has 138 valence electrons. The first-order valence-corrected chi connectivity index (χ1v) is 8.84. The van der Waals surface area contributed by atoms with E-state index in [2.05, 4.69) is 26.0 Å². The first-order chi connectivity index (χ1) is 13.0. The highest BCUT2D eigenvalue weighted by atomic mass is 16.5. The highest BCUT2D eigenvalue weighted by Crippen LogP contribution is 2.20. The van der Waals surface area contributed by atoms with Gasteiger partial charge in [-0.25, -0.2) is 0 Å². The number of rotatable bonds is 7. The van der Waals surface area contributed by atoms with Crippen molar-refractivity contribution < 1.29 is 19.1 Å². The van der Waals surface area contributed by atoms with E-state index in [1.54, 1.807) is 24.3 Å². The molecule has 4 heteroatoms. The average molecular weight is 362 g/mol. The SMILES string of the molecule is CC(C)c1ccc(OCc2ccc(/C=C/C(=O)c3cccc(O)c3)o2)cc1. The summed E-state index contributed by atoms with van der Waals surface area (Å²) in [5, 5.41) is 9.44. The molecule has 0 aliphatic rings. The Bertz CT molecular complexity index is 933. The van der Waals surface area contributed by atoms with Gasteiger partial charge in [0.25, 0.3) is 0 Å². The van der Waals surface area contributed by atoms with Crippen molar-refractivity contribution in [2.45, 2.75) is 26.4 Å². The van der Waals surface area contributed by atoms with E-state index in [1.165, 1.54) is 23.8 Å². The summed E-state index contributed by atoms with van der Waals surface area (Å²) in [5.41, 5.74) is 1.69. The molecule has 0 bridgehead atoms. The molecule has 0 aliphatic carbocycles. The van der Waals surface area contributed by atoms with Crippen LogP contribution in [0.15, 0.2) is 71.2 Å². The summed E-state index contributed by atoms with van der Waals surface area (Å²) in [4.78, 5) is 12.1. The number of allylic oxidation sites excluding steroid dienone is 1. The Kier molecular flexibility index (Phi) is 5.77. The van der Waals surface area contributed by atoms with Gasteiger partial charge in [-0.2, -0.15) is 0 Å². The zero-order valence-corrected chi connectivity index (χ0v) is 15.4. The van der Waals surface area contributed by atoms with Crippen molar-refractivity contribution in [1.82, 2.24) is 0 Å². The minimum atomic E-state index is -0.203. The largest absolute Gasteiger partial charge is 0.508 e. The van der Waals surface area contributed by atoms with Crippen molar-refractivity contribution in [2.75, 3.05) is 0 Å². The van der Waals surface area contributed by atoms with Gasteiger partial charge in [-0.15, -0.1) is 0 Å². The van der Waals surface area contributed by atoms with Gasteiger partial charge in [0, 0.05) is 5.56 Å². The molecule has 3 rings (SSSR count). The molecule has 0 aliphatic heterocycles. The smallest absolute Gasteiger partial charge is 0.186 e. The number of furan rings is 1. The topological polar surface area (TPSA) is 59.7 Å². The lowest BCUT2D eigenvalue weighted by molar-refractivity contribution is 0.104. The number of hydrogen-bond acceptors (Lipinski definition) is 4. The van der Waals surface area contributed by atoms with Crippen LogP contribution < -0.4 is 4.74 Å². The van der Waals surface area contributed by atoms with Crippen LogP contribution in [-0.2, 0) is 6.61 Å². The van der Waals surface area contributed by atoms with Crippen LogP contribution in [0.5, 0.6) is 11.5 Å². The number of ketones is 1. The van der Waals surface area contributed by atoms with Gasteiger partial charge in [0.2, 0.25) is 0 Å².